The summed E-state index contributed by atoms with van der Waals surface area (Å²) in [5.74, 6) is -0.0410. The van der Waals surface area contributed by atoms with Crippen LogP contribution in [0.25, 0.3) is 0 Å². The maximum Gasteiger partial charge on any atom is 0.236 e. The first kappa shape index (κ1) is 13.6. The van der Waals surface area contributed by atoms with Crippen LogP contribution in [0.4, 0.5) is 5.69 Å². The second kappa shape index (κ2) is 5.86. The number of rotatable bonds is 5. The minimum Gasteiger partial charge on any atom is -0.326 e. The summed E-state index contributed by atoms with van der Waals surface area (Å²) in [5.41, 5.74) is 7.71. The predicted molar refractivity (Wildman–Crippen MR) is 77.0 cm³/mol. The van der Waals surface area contributed by atoms with Crippen molar-refractivity contribution in [1.82, 2.24) is 0 Å². The Balaban J connectivity index is 2.12. The molecule has 0 unspecified atom stereocenters. The van der Waals surface area contributed by atoms with E-state index in [2.05, 4.69) is 4.72 Å². The lowest BCUT2D eigenvalue weighted by atomic mass is 10.2. The van der Waals surface area contributed by atoms with Crippen LogP contribution >= 0.6 is 0 Å². The topological polar surface area (TPSA) is 72.2 Å². The first-order valence-electron chi connectivity index (χ1n) is 5.92. The van der Waals surface area contributed by atoms with E-state index in [0.29, 0.717) is 12.2 Å². The van der Waals surface area contributed by atoms with Crippen molar-refractivity contribution in [1.29, 1.82) is 0 Å². The van der Waals surface area contributed by atoms with Crippen LogP contribution in [-0.4, -0.2) is 8.42 Å². The van der Waals surface area contributed by atoms with Crippen molar-refractivity contribution in [2.45, 2.75) is 12.3 Å². The van der Waals surface area contributed by atoms with Crippen LogP contribution in [0.3, 0.4) is 0 Å². The van der Waals surface area contributed by atoms with E-state index in [4.69, 9.17) is 5.73 Å². The molecular weight excluding hydrogens is 260 g/mol. The minimum absolute atomic E-state index is 0.0410. The van der Waals surface area contributed by atoms with E-state index in [1.165, 1.54) is 0 Å². The zero-order chi connectivity index (χ0) is 13.7. The Hall–Kier alpha value is -1.85. The molecule has 0 aliphatic carbocycles. The summed E-state index contributed by atoms with van der Waals surface area (Å²) >= 11 is 0. The van der Waals surface area contributed by atoms with Crippen molar-refractivity contribution in [3.05, 3.63) is 65.7 Å². The second-order valence-corrected chi connectivity index (χ2v) is 5.97. The molecule has 2 aromatic carbocycles. The van der Waals surface area contributed by atoms with Gasteiger partial charge in [0.25, 0.3) is 0 Å². The Kier molecular flexibility index (Phi) is 4.19. The molecule has 19 heavy (non-hydrogen) atoms. The van der Waals surface area contributed by atoms with Gasteiger partial charge in [-0.1, -0.05) is 42.5 Å². The first-order valence-corrected chi connectivity index (χ1v) is 7.58. The summed E-state index contributed by atoms with van der Waals surface area (Å²) < 4.78 is 26.6. The van der Waals surface area contributed by atoms with E-state index in [9.17, 15) is 8.42 Å². The molecule has 0 aromatic heterocycles. The van der Waals surface area contributed by atoms with Crippen LogP contribution in [0.2, 0.25) is 0 Å². The zero-order valence-electron chi connectivity index (χ0n) is 10.4. The van der Waals surface area contributed by atoms with Crippen LogP contribution < -0.4 is 10.5 Å². The summed E-state index contributed by atoms with van der Waals surface area (Å²) in [6.07, 6.45) is 0. The first-order chi connectivity index (χ1) is 9.09. The van der Waals surface area contributed by atoms with Gasteiger partial charge in [-0.15, -0.1) is 0 Å². The molecule has 5 heteroatoms. The zero-order valence-corrected chi connectivity index (χ0v) is 11.2. The van der Waals surface area contributed by atoms with Gasteiger partial charge in [-0.05, 0) is 23.3 Å². The summed E-state index contributed by atoms with van der Waals surface area (Å²) in [5, 5.41) is 0. The smallest absolute Gasteiger partial charge is 0.236 e. The summed E-state index contributed by atoms with van der Waals surface area (Å²) in [4.78, 5) is 0. The Morgan fingerprint density at radius 1 is 0.947 bits per heavy atom. The molecule has 2 rings (SSSR count). The fourth-order valence-electron chi connectivity index (χ4n) is 1.77. The molecule has 0 spiro atoms. The molecule has 2 aromatic rings. The minimum atomic E-state index is -3.40. The highest BCUT2D eigenvalue weighted by Gasteiger charge is 2.11. The Labute approximate surface area is 113 Å². The molecule has 0 saturated carbocycles. The van der Waals surface area contributed by atoms with Gasteiger partial charge in [-0.25, -0.2) is 8.42 Å². The number of hydrogen-bond acceptors (Lipinski definition) is 3. The van der Waals surface area contributed by atoms with Crippen molar-refractivity contribution in [3.63, 3.8) is 0 Å². The van der Waals surface area contributed by atoms with E-state index >= 15 is 0 Å². The largest absolute Gasteiger partial charge is 0.326 e. The van der Waals surface area contributed by atoms with Gasteiger partial charge in [-0.3, -0.25) is 4.72 Å². The molecule has 0 amide bonds. The van der Waals surface area contributed by atoms with E-state index in [-0.39, 0.29) is 5.75 Å². The number of nitrogens with two attached hydrogens (primary N) is 1. The average Bonchev–Trinajstić information content (AvgIpc) is 2.39. The van der Waals surface area contributed by atoms with Crippen molar-refractivity contribution >= 4 is 15.7 Å². The fraction of sp³-hybridized carbons (Fsp3) is 0.143. The monoisotopic (exact) mass is 276 g/mol. The van der Waals surface area contributed by atoms with Gasteiger partial charge in [0.1, 0.15) is 0 Å². The van der Waals surface area contributed by atoms with Gasteiger partial charge in [0.2, 0.25) is 10.0 Å². The Bertz CT molecular complexity index is 640. The maximum atomic E-state index is 12.0. The Morgan fingerprint density at radius 3 is 2.32 bits per heavy atom. The molecule has 4 nitrogen and oxygen atoms in total. The molecule has 0 bridgehead atoms. The van der Waals surface area contributed by atoms with E-state index in [0.717, 1.165) is 11.1 Å². The highest BCUT2D eigenvalue weighted by atomic mass is 32.2. The number of nitrogens with one attached hydrogen (secondary N) is 1. The van der Waals surface area contributed by atoms with Crippen LogP contribution in [0, 0.1) is 0 Å². The molecule has 0 radical (unpaired) electrons. The normalized spacial score (nSPS) is 11.2. The molecule has 100 valence electrons. The fourth-order valence-corrected chi connectivity index (χ4v) is 2.96. The number of anilines is 1. The van der Waals surface area contributed by atoms with Gasteiger partial charge in [0.15, 0.2) is 0 Å². The Morgan fingerprint density at radius 2 is 1.63 bits per heavy atom. The van der Waals surface area contributed by atoms with Gasteiger partial charge in [0.05, 0.1) is 5.75 Å². The summed E-state index contributed by atoms with van der Waals surface area (Å²) in [6, 6.07) is 16.2. The van der Waals surface area contributed by atoms with Crippen molar-refractivity contribution < 1.29 is 8.42 Å². The second-order valence-electron chi connectivity index (χ2n) is 4.25. The third kappa shape index (κ3) is 4.08. The van der Waals surface area contributed by atoms with Crippen LogP contribution in [0.1, 0.15) is 11.1 Å². The average molecular weight is 276 g/mol. The van der Waals surface area contributed by atoms with Crippen molar-refractivity contribution in [3.8, 4) is 0 Å². The molecule has 0 heterocycles. The van der Waals surface area contributed by atoms with Crippen molar-refractivity contribution in [2.75, 3.05) is 4.72 Å². The molecule has 3 N–H and O–H groups in total. The van der Waals surface area contributed by atoms with E-state index in [1.807, 2.05) is 24.3 Å². The van der Waals surface area contributed by atoms with Crippen LogP contribution in [0.15, 0.2) is 54.6 Å². The highest BCUT2D eigenvalue weighted by Crippen LogP contribution is 2.14. The van der Waals surface area contributed by atoms with Gasteiger partial charge in [0, 0.05) is 12.2 Å². The molecule has 0 saturated heterocycles. The lowest BCUT2D eigenvalue weighted by Crippen LogP contribution is -2.15. The third-order valence-corrected chi connectivity index (χ3v) is 3.90. The van der Waals surface area contributed by atoms with E-state index in [1.54, 1.807) is 30.3 Å². The number of hydrogen-bond donors (Lipinski definition) is 2. The molecule has 0 aliphatic heterocycles. The highest BCUT2D eigenvalue weighted by molar-refractivity contribution is 7.91. The van der Waals surface area contributed by atoms with E-state index < -0.39 is 10.0 Å². The standard InChI is InChI=1S/C14H16N2O2S/c15-10-13-7-4-8-14(9-13)16-19(17,18)11-12-5-2-1-3-6-12/h1-9,16H,10-11,15H2. The van der Waals surface area contributed by atoms with Gasteiger partial charge >= 0.3 is 0 Å². The summed E-state index contributed by atoms with van der Waals surface area (Å²) in [6.45, 7) is 0.383. The SMILES string of the molecule is NCc1cccc(NS(=O)(=O)Cc2ccccc2)c1. The van der Waals surface area contributed by atoms with Crippen molar-refractivity contribution in [2.24, 2.45) is 5.73 Å². The third-order valence-electron chi connectivity index (χ3n) is 2.64. The van der Waals surface area contributed by atoms with Crippen LogP contribution in [-0.2, 0) is 22.3 Å². The molecule has 0 fully saturated rings. The lowest BCUT2D eigenvalue weighted by Gasteiger charge is -2.09. The van der Waals surface area contributed by atoms with Gasteiger partial charge in [-0.2, -0.15) is 0 Å². The summed E-state index contributed by atoms with van der Waals surface area (Å²) in [7, 11) is -3.40. The molecule has 0 atom stereocenters. The number of sulfonamides is 1. The number of benzene rings is 2. The van der Waals surface area contributed by atoms with Crippen LogP contribution in [0.5, 0.6) is 0 Å². The predicted octanol–water partition coefficient (Wildman–Crippen LogP) is 2.09. The molecule has 0 aliphatic rings. The lowest BCUT2D eigenvalue weighted by molar-refractivity contribution is 0.600. The maximum absolute atomic E-state index is 12.0. The molecular formula is C14H16N2O2S. The quantitative estimate of drug-likeness (QED) is 0.878. The van der Waals surface area contributed by atoms with Gasteiger partial charge < -0.3 is 5.73 Å².